The molecule has 1 aliphatic heterocycles. The van der Waals surface area contributed by atoms with E-state index >= 15 is 0 Å². The normalized spacial score (nSPS) is 24.4. The van der Waals surface area contributed by atoms with Crippen LogP contribution in [0.1, 0.15) is 18.4 Å². The zero-order valence-corrected chi connectivity index (χ0v) is 10.2. The van der Waals surface area contributed by atoms with Gasteiger partial charge in [0.25, 0.3) is 5.69 Å². The number of rotatable bonds is 3. The molecule has 4 N–H and O–H groups in total. The number of nitrogens with one attached hydrogen (secondary N) is 2. The molecule has 100 valence electrons. The molecule has 1 aliphatic carbocycles. The molecule has 0 atom stereocenters. The van der Waals surface area contributed by atoms with Gasteiger partial charge in [0.1, 0.15) is 5.69 Å². The Morgan fingerprint density at radius 2 is 2.16 bits per heavy atom. The zero-order valence-electron chi connectivity index (χ0n) is 10.2. The summed E-state index contributed by atoms with van der Waals surface area (Å²) in [5, 5.41) is 16.9. The van der Waals surface area contributed by atoms with Crippen LogP contribution in [0, 0.1) is 10.1 Å². The number of hydrogen-bond acceptors (Lipinski definition) is 5. The second kappa shape index (κ2) is 4.20. The highest BCUT2D eigenvalue weighted by Crippen LogP contribution is 2.36. The van der Waals surface area contributed by atoms with Gasteiger partial charge in [-0.1, -0.05) is 0 Å². The van der Waals surface area contributed by atoms with Crippen LogP contribution in [-0.2, 0) is 11.2 Å². The number of carbonyl (C=O) groups excluding carboxylic acids is 1. The topological polar surface area (TPSA) is 110 Å². The van der Waals surface area contributed by atoms with Gasteiger partial charge in [-0.2, -0.15) is 0 Å². The molecule has 0 unspecified atom stereocenters. The molecule has 1 fully saturated rings. The molecule has 0 saturated heterocycles. The second-order valence-corrected chi connectivity index (χ2v) is 5.08. The number of nitrogens with zero attached hydrogens (tertiary/aromatic N) is 1. The Kier molecular flexibility index (Phi) is 2.63. The molecule has 1 amide bonds. The minimum absolute atomic E-state index is 0.00993. The first-order valence-electron chi connectivity index (χ1n) is 6.16. The molecule has 1 heterocycles. The van der Waals surface area contributed by atoms with Crippen molar-refractivity contribution in [3.8, 4) is 0 Å². The fourth-order valence-electron chi connectivity index (χ4n) is 2.53. The number of nitrogens with two attached hydrogens (primary N) is 1. The predicted octanol–water partition coefficient (Wildman–Crippen LogP) is 0.991. The van der Waals surface area contributed by atoms with Crippen LogP contribution in [0.25, 0.3) is 0 Å². The lowest BCUT2D eigenvalue weighted by atomic mass is 9.87. The van der Waals surface area contributed by atoms with Crippen molar-refractivity contribution in [2.24, 2.45) is 5.73 Å². The van der Waals surface area contributed by atoms with E-state index in [0.717, 1.165) is 12.8 Å². The molecule has 1 aromatic rings. The first-order valence-corrected chi connectivity index (χ1v) is 6.16. The standard InChI is InChI=1S/C12H14N4O3/c13-7-3-8(4-7)14-10-5-9-6(2-12(17)15-9)1-11(10)16(18)19/h1,5,7-8,14H,2-4,13H2,(H,15,17). The van der Waals surface area contributed by atoms with Crippen LogP contribution >= 0.6 is 0 Å². The lowest BCUT2D eigenvalue weighted by molar-refractivity contribution is -0.384. The molecule has 0 aromatic heterocycles. The van der Waals surface area contributed by atoms with Crippen molar-refractivity contribution in [3.63, 3.8) is 0 Å². The first-order chi connectivity index (χ1) is 9.02. The average molecular weight is 262 g/mol. The molecule has 3 rings (SSSR count). The summed E-state index contributed by atoms with van der Waals surface area (Å²) in [6, 6.07) is 3.45. The van der Waals surface area contributed by atoms with E-state index in [1.807, 2.05) is 0 Å². The van der Waals surface area contributed by atoms with Crippen molar-refractivity contribution in [1.82, 2.24) is 0 Å². The lowest BCUT2D eigenvalue weighted by Crippen LogP contribution is -2.44. The Labute approximate surface area is 109 Å². The van der Waals surface area contributed by atoms with E-state index < -0.39 is 4.92 Å². The number of nitro benzene ring substituents is 1. The largest absolute Gasteiger partial charge is 0.377 e. The molecular weight excluding hydrogens is 248 g/mol. The molecule has 0 radical (unpaired) electrons. The molecule has 0 bridgehead atoms. The first kappa shape index (κ1) is 11.9. The zero-order chi connectivity index (χ0) is 13.6. The SMILES string of the molecule is NC1CC(Nc2cc3c(cc2[N+](=O)[O-])CC(=O)N3)C1. The van der Waals surface area contributed by atoms with E-state index in [-0.39, 0.29) is 30.1 Å². The van der Waals surface area contributed by atoms with E-state index in [2.05, 4.69) is 10.6 Å². The van der Waals surface area contributed by atoms with Gasteiger partial charge >= 0.3 is 0 Å². The molecule has 2 aliphatic rings. The maximum Gasteiger partial charge on any atom is 0.292 e. The minimum Gasteiger partial charge on any atom is -0.377 e. The number of nitro groups is 1. The number of anilines is 2. The van der Waals surface area contributed by atoms with E-state index in [1.165, 1.54) is 6.07 Å². The molecule has 1 saturated carbocycles. The molecule has 1 aromatic carbocycles. The summed E-state index contributed by atoms with van der Waals surface area (Å²) < 4.78 is 0. The van der Waals surface area contributed by atoms with E-state index in [0.29, 0.717) is 16.9 Å². The van der Waals surface area contributed by atoms with Crippen LogP contribution in [0.4, 0.5) is 17.1 Å². The van der Waals surface area contributed by atoms with E-state index in [4.69, 9.17) is 5.73 Å². The Morgan fingerprint density at radius 1 is 1.42 bits per heavy atom. The quantitative estimate of drug-likeness (QED) is 0.555. The van der Waals surface area contributed by atoms with E-state index in [1.54, 1.807) is 6.07 Å². The number of hydrogen-bond donors (Lipinski definition) is 3. The fourth-order valence-corrected chi connectivity index (χ4v) is 2.53. The molecule has 0 spiro atoms. The predicted molar refractivity (Wildman–Crippen MR) is 70.1 cm³/mol. The highest BCUT2D eigenvalue weighted by atomic mass is 16.6. The summed E-state index contributed by atoms with van der Waals surface area (Å²) >= 11 is 0. The molecule has 7 heteroatoms. The van der Waals surface area contributed by atoms with E-state index in [9.17, 15) is 14.9 Å². The summed E-state index contributed by atoms with van der Waals surface area (Å²) in [7, 11) is 0. The summed E-state index contributed by atoms with van der Waals surface area (Å²) in [5.41, 5.74) is 7.48. The van der Waals surface area contributed by atoms with Crippen LogP contribution < -0.4 is 16.4 Å². The Morgan fingerprint density at radius 3 is 2.79 bits per heavy atom. The van der Waals surface area contributed by atoms with Crippen LogP contribution in [0.2, 0.25) is 0 Å². The maximum absolute atomic E-state index is 11.3. The lowest BCUT2D eigenvalue weighted by Gasteiger charge is -2.33. The number of carbonyl (C=O) groups is 1. The monoisotopic (exact) mass is 262 g/mol. The molecular formula is C12H14N4O3. The Hall–Kier alpha value is -2.15. The highest BCUT2D eigenvalue weighted by Gasteiger charge is 2.30. The second-order valence-electron chi connectivity index (χ2n) is 5.08. The van der Waals surface area contributed by atoms with Crippen LogP contribution in [-0.4, -0.2) is 22.9 Å². The summed E-state index contributed by atoms with van der Waals surface area (Å²) in [6.45, 7) is 0. The van der Waals surface area contributed by atoms with Gasteiger partial charge < -0.3 is 16.4 Å². The highest BCUT2D eigenvalue weighted by molar-refractivity contribution is 6.00. The minimum atomic E-state index is -0.427. The van der Waals surface area contributed by atoms with Crippen molar-refractivity contribution in [1.29, 1.82) is 0 Å². The van der Waals surface area contributed by atoms with Crippen molar-refractivity contribution < 1.29 is 9.72 Å². The van der Waals surface area contributed by atoms with Crippen LogP contribution in [0.15, 0.2) is 12.1 Å². The Balaban J connectivity index is 1.91. The van der Waals surface area contributed by atoms with Gasteiger partial charge in [0, 0.05) is 23.8 Å². The molecule has 7 nitrogen and oxygen atoms in total. The van der Waals surface area contributed by atoms with Crippen LogP contribution in [0.5, 0.6) is 0 Å². The third-order valence-corrected chi connectivity index (χ3v) is 3.58. The van der Waals surface area contributed by atoms with Gasteiger partial charge in [-0.15, -0.1) is 0 Å². The van der Waals surface area contributed by atoms with Crippen molar-refractivity contribution >= 4 is 23.0 Å². The van der Waals surface area contributed by atoms with Crippen LogP contribution in [0.3, 0.4) is 0 Å². The average Bonchev–Trinajstić information content (AvgIpc) is 2.65. The van der Waals surface area contributed by atoms with Gasteiger partial charge in [0.15, 0.2) is 0 Å². The Bertz CT molecular complexity index is 566. The van der Waals surface area contributed by atoms with Gasteiger partial charge in [0.05, 0.1) is 11.3 Å². The van der Waals surface area contributed by atoms with Gasteiger partial charge in [0.2, 0.25) is 5.91 Å². The van der Waals surface area contributed by atoms with Crippen molar-refractivity contribution in [2.75, 3.05) is 10.6 Å². The molecule has 19 heavy (non-hydrogen) atoms. The maximum atomic E-state index is 11.3. The summed E-state index contributed by atoms with van der Waals surface area (Å²) in [4.78, 5) is 22.0. The number of fused-ring (bicyclic) bond motifs is 1. The van der Waals surface area contributed by atoms with Gasteiger partial charge in [-0.05, 0) is 24.5 Å². The van der Waals surface area contributed by atoms with Crippen molar-refractivity contribution in [3.05, 3.63) is 27.8 Å². The third-order valence-electron chi connectivity index (χ3n) is 3.58. The number of benzene rings is 1. The van der Waals surface area contributed by atoms with Gasteiger partial charge in [-0.3, -0.25) is 14.9 Å². The number of amides is 1. The van der Waals surface area contributed by atoms with Gasteiger partial charge in [-0.25, -0.2) is 0 Å². The van der Waals surface area contributed by atoms with Crippen molar-refractivity contribution in [2.45, 2.75) is 31.3 Å². The summed E-state index contributed by atoms with van der Waals surface area (Å²) in [5.74, 6) is -0.132. The third kappa shape index (κ3) is 2.12. The smallest absolute Gasteiger partial charge is 0.292 e. The summed E-state index contributed by atoms with van der Waals surface area (Å²) in [6.07, 6.45) is 1.81. The fraction of sp³-hybridized carbons (Fsp3) is 0.417.